The van der Waals surface area contributed by atoms with E-state index in [1.54, 1.807) is 13.8 Å². The summed E-state index contributed by atoms with van der Waals surface area (Å²) in [5.74, 6) is 0.150. The Kier molecular flexibility index (Phi) is 4.11. The molecule has 0 bridgehead atoms. The normalized spacial score (nSPS) is 24.1. The fourth-order valence-electron chi connectivity index (χ4n) is 1.69. The highest BCUT2D eigenvalue weighted by molar-refractivity contribution is 5.81. The number of hydrogen-bond acceptors (Lipinski definition) is 3. The monoisotopic (exact) mass is 214 g/mol. The van der Waals surface area contributed by atoms with Crippen LogP contribution in [0.15, 0.2) is 0 Å². The molecule has 0 radical (unpaired) electrons. The highest BCUT2D eigenvalue weighted by Gasteiger charge is 2.24. The number of amides is 1. The summed E-state index contributed by atoms with van der Waals surface area (Å²) >= 11 is 0. The summed E-state index contributed by atoms with van der Waals surface area (Å²) in [6.45, 7) is 7.78. The summed E-state index contributed by atoms with van der Waals surface area (Å²) in [5, 5.41) is 12.8. The van der Waals surface area contributed by atoms with E-state index in [9.17, 15) is 9.90 Å². The number of carbonyl (C=O) groups is 1. The van der Waals surface area contributed by atoms with Crippen LogP contribution in [0.2, 0.25) is 0 Å². The zero-order valence-electron chi connectivity index (χ0n) is 9.92. The van der Waals surface area contributed by atoms with E-state index in [1.807, 2.05) is 11.8 Å². The van der Waals surface area contributed by atoms with Crippen LogP contribution in [0.4, 0.5) is 0 Å². The van der Waals surface area contributed by atoms with Crippen LogP contribution >= 0.6 is 0 Å². The van der Waals surface area contributed by atoms with Crippen molar-refractivity contribution in [1.82, 2.24) is 10.2 Å². The maximum absolute atomic E-state index is 11.8. The van der Waals surface area contributed by atoms with Gasteiger partial charge in [-0.2, -0.15) is 0 Å². The standard InChI is InChI=1S/C11H22N2O2/c1-9-10(14)13(7-4-6-12-9)8-5-11(2,3)15/h9,12,15H,4-8H2,1-3H3. The van der Waals surface area contributed by atoms with E-state index in [-0.39, 0.29) is 11.9 Å². The van der Waals surface area contributed by atoms with Gasteiger partial charge in [-0.25, -0.2) is 0 Å². The lowest BCUT2D eigenvalue weighted by Gasteiger charge is -2.26. The molecular weight excluding hydrogens is 192 g/mol. The van der Waals surface area contributed by atoms with E-state index in [1.165, 1.54) is 0 Å². The largest absolute Gasteiger partial charge is 0.390 e. The second-order valence-corrected chi connectivity index (χ2v) is 4.92. The van der Waals surface area contributed by atoms with Crippen molar-refractivity contribution in [2.45, 2.75) is 45.3 Å². The molecule has 4 nitrogen and oxygen atoms in total. The molecule has 0 aromatic rings. The Hall–Kier alpha value is -0.610. The van der Waals surface area contributed by atoms with E-state index in [4.69, 9.17) is 0 Å². The molecule has 0 aromatic carbocycles. The molecule has 15 heavy (non-hydrogen) atoms. The van der Waals surface area contributed by atoms with Crippen LogP contribution in [0.1, 0.15) is 33.6 Å². The third kappa shape index (κ3) is 4.18. The summed E-state index contributed by atoms with van der Waals surface area (Å²) in [7, 11) is 0. The van der Waals surface area contributed by atoms with Crippen molar-refractivity contribution >= 4 is 5.91 Å². The number of rotatable bonds is 3. The molecule has 1 fully saturated rings. The molecule has 1 atom stereocenters. The molecule has 1 unspecified atom stereocenters. The van der Waals surface area contributed by atoms with Crippen molar-refractivity contribution < 1.29 is 9.90 Å². The van der Waals surface area contributed by atoms with Crippen molar-refractivity contribution in [2.24, 2.45) is 0 Å². The molecule has 1 heterocycles. The molecular formula is C11H22N2O2. The topological polar surface area (TPSA) is 52.6 Å². The first kappa shape index (κ1) is 12.5. The molecule has 88 valence electrons. The minimum absolute atomic E-state index is 0.0886. The van der Waals surface area contributed by atoms with Crippen LogP contribution in [0.3, 0.4) is 0 Å². The first-order chi connectivity index (χ1) is 6.90. The molecule has 1 aliphatic rings. The first-order valence-corrected chi connectivity index (χ1v) is 5.65. The Labute approximate surface area is 91.6 Å². The lowest BCUT2D eigenvalue weighted by molar-refractivity contribution is -0.132. The third-order valence-corrected chi connectivity index (χ3v) is 2.73. The number of carbonyl (C=O) groups excluding carboxylic acids is 1. The number of hydrogen-bond donors (Lipinski definition) is 2. The van der Waals surface area contributed by atoms with Gasteiger partial charge >= 0.3 is 0 Å². The van der Waals surface area contributed by atoms with Gasteiger partial charge in [0, 0.05) is 13.1 Å². The summed E-state index contributed by atoms with van der Waals surface area (Å²) in [6, 6.07) is -0.0886. The quantitative estimate of drug-likeness (QED) is 0.713. The first-order valence-electron chi connectivity index (χ1n) is 5.65. The van der Waals surface area contributed by atoms with Gasteiger partial charge in [0.25, 0.3) is 0 Å². The fraction of sp³-hybridized carbons (Fsp3) is 0.909. The molecule has 0 aromatic heterocycles. The van der Waals surface area contributed by atoms with Crippen LogP contribution in [0.25, 0.3) is 0 Å². The minimum atomic E-state index is -0.691. The van der Waals surface area contributed by atoms with Gasteiger partial charge in [0.1, 0.15) is 0 Å². The van der Waals surface area contributed by atoms with Gasteiger partial charge in [-0.15, -0.1) is 0 Å². The Balaban J connectivity index is 2.48. The van der Waals surface area contributed by atoms with Crippen LogP contribution in [0, 0.1) is 0 Å². The Bertz CT molecular complexity index is 223. The second kappa shape index (κ2) is 4.94. The lowest BCUT2D eigenvalue weighted by atomic mass is 10.1. The van der Waals surface area contributed by atoms with E-state index < -0.39 is 5.60 Å². The van der Waals surface area contributed by atoms with E-state index >= 15 is 0 Å². The Morgan fingerprint density at radius 3 is 2.87 bits per heavy atom. The summed E-state index contributed by atoms with van der Waals surface area (Å²) in [4.78, 5) is 13.7. The maximum atomic E-state index is 11.8. The van der Waals surface area contributed by atoms with E-state index in [0.29, 0.717) is 13.0 Å². The van der Waals surface area contributed by atoms with E-state index in [0.717, 1.165) is 19.5 Å². The van der Waals surface area contributed by atoms with Crippen LogP contribution in [0.5, 0.6) is 0 Å². The van der Waals surface area contributed by atoms with Crippen LogP contribution in [-0.2, 0) is 4.79 Å². The lowest BCUT2D eigenvalue weighted by Crippen LogP contribution is -2.43. The Morgan fingerprint density at radius 1 is 1.60 bits per heavy atom. The molecule has 2 N–H and O–H groups in total. The van der Waals surface area contributed by atoms with Gasteiger partial charge in [0.15, 0.2) is 0 Å². The molecule has 1 aliphatic heterocycles. The van der Waals surface area contributed by atoms with Gasteiger partial charge in [-0.1, -0.05) is 0 Å². The average Bonchev–Trinajstić information content (AvgIpc) is 2.27. The SMILES string of the molecule is CC1NCCCN(CCC(C)(C)O)C1=O. The van der Waals surface area contributed by atoms with Crippen molar-refractivity contribution in [3.63, 3.8) is 0 Å². The zero-order chi connectivity index (χ0) is 11.5. The number of nitrogens with one attached hydrogen (secondary N) is 1. The predicted molar refractivity (Wildman–Crippen MR) is 59.6 cm³/mol. The van der Waals surface area contributed by atoms with Crippen molar-refractivity contribution in [3.8, 4) is 0 Å². The van der Waals surface area contributed by atoms with Gasteiger partial charge in [0.2, 0.25) is 5.91 Å². The molecule has 0 aliphatic carbocycles. The fourth-order valence-corrected chi connectivity index (χ4v) is 1.69. The molecule has 0 spiro atoms. The van der Waals surface area contributed by atoms with Crippen molar-refractivity contribution in [3.05, 3.63) is 0 Å². The van der Waals surface area contributed by atoms with Crippen LogP contribution in [-0.4, -0.2) is 47.2 Å². The second-order valence-electron chi connectivity index (χ2n) is 4.92. The van der Waals surface area contributed by atoms with Gasteiger partial charge < -0.3 is 15.3 Å². The van der Waals surface area contributed by atoms with Gasteiger partial charge in [-0.3, -0.25) is 4.79 Å². The molecule has 1 amide bonds. The van der Waals surface area contributed by atoms with Crippen molar-refractivity contribution in [2.75, 3.05) is 19.6 Å². The van der Waals surface area contributed by atoms with Gasteiger partial charge in [0.05, 0.1) is 11.6 Å². The van der Waals surface area contributed by atoms with Crippen LogP contribution < -0.4 is 5.32 Å². The highest BCUT2D eigenvalue weighted by Crippen LogP contribution is 2.10. The summed E-state index contributed by atoms with van der Waals surface area (Å²) < 4.78 is 0. The third-order valence-electron chi connectivity index (χ3n) is 2.73. The van der Waals surface area contributed by atoms with Crippen molar-refractivity contribution in [1.29, 1.82) is 0 Å². The number of aliphatic hydroxyl groups is 1. The molecule has 0 saturated carbocycles. The molecule has 1 rings (SSSR count). The zero-order valence-corrected chi connectivity index (χ0v) is 9.92. The smallest absolute Gasteiger partial charge is 0.239 e. The minimum Gasteiger partial charge on any atom is -0.390 e. The Morgan fingerprint density at radius 2 is 2.27 bits per heavy atom. The summed E-state index contributed by atoms with van der Waals surface area (Å²) in [6.07, 6.45) is 1.62. The average molecular weight is 214 g/mol. The summed E-state index contributed by atoms with van der Waals surface area (Å²) in [5.41, 5.74) is -0.691. The van der Waals surface area contributed by atoms with Gasteiger partial charge in [-0.05, 0) is 40.2 Å². The highest BCUT2D eigenvalue weighted by atomic mass is 16.3. The number of nitrogens with zero attached hydrogens (tertiary/aromatic N) is 1. The molecule has 4 heteroatoms. The molecule has 1 saturated heterocycles. The maximum Gasteiger partial charge on any atom is 0.239 e. The predicted octanol–water partition coefficient (Wildman–Crippen LogP) is 0.358. The van der Waals surface area contributed by atoms with E-state index in [2.05, 4.69) is 5.32 Å².